The second-order valence-corrected chi connectivity index (χ2v) is 5.90. The Balaban J connectivity index is 2.19. The number of anilines is 2. The van der Waals surface area contributed by atoms with Crippen LogP contribution in [0.3, 0.4) is 0 Å². The molecule has 0 radical (unpaired) electrons. The Morgan fingerprint density at radius 2 is 2.00 bits per heavy atom. The summed E-state index contributed by atoms with van der Waals surface area (Å²) in [6, 6.07) is 1.90. The molecule has 1 unspecified atom stereocenters. The van der Waals surface area contributed by atoms with Crippen molar-refractivity contribution in [1.82, 2.24) is 9.97 Å². The van der Waals surface area contributed by atoms with Crippen LogP contribution < -0.4 is 10.6 Å². The van der Waals surface area contributed by atoms with Crippen molar-refractivity contribution in [3.05, 3.63) is 11.9 Å². The molecule has 2 heterocycles. The van der Waals surface area contributed by atoms with E-state index in [1.165, 1.54) is 6.42 Å². The molecule has 18 heavy (non-hydrogen) atoms. The Morgan fingerprint density at radius 3 is 2.56 bits per heavy atom. The molecular formula is C14H24N4. The lowest BCUT2D eigenvalue weighted by Crippen LogP contribution is -2.23. The van der Waals surface area contributed by atoms with E-state index in [-0.39, 0.29) is 0 Å². The number of rotatable bonds is 3. The van der Waals surface area contributed by atoms with Gasteiger partial charge < -0.3 is 10.6 Å². The van der Waals surface area contributed by atoms with Gasteiger partial charge in [0, 0.05) is 25.1 Å². The van der Waals surface area contributed by atoms with Crippen molar-refractivity contribution in [1.29, 1.82) is 0 Å². The maximum absolute atomic E-state index is 5.88. The minimum atomic E-state index is 0.316. The number of nitrogens with two attached hydrogens (primary N) is 1. The largest absolute Gasteiger partial charge is 0.384 e. The van der Waals surface area contributed by atoms with E-state index in [0.717, 1.165) is 36.6 Å². The van der Waals surface area contributed by atoms with Crippen molar-refractivity contribution in [2.45, 2.75) is 40.0 Å². The molecule has 0 aliphatic carbocycles. The molecule has 1 saturated heterocycles. The summed E-state index contributed by atoms with van der Waals surface area (Å²) in [6.07, 6.45) is 1.25. The third-order valence-electron chi connectivity index (χ3n) is 3.76. The molecule has 0 spiro atoms. The molecular weight excluding hydrogens is 224 g/mol. The number of hydrogen-bond donors (Lipinski definition) is 1. The molecule has 2 N–H and O–H groups in total. The predicted molar refractivity (Wildman–Crippen MR) is 75.7 cm³/mol. The molecule has 1 atom stereocenters. The topological polar surface area (TPSA) is 55.0 Å². The van der Waals surface area contributed by atoms with Crippen LogP contribution in [0.25, 0.3) is 0 Å². The molecule has 2 rings (SSSR count). The van der Waals surface area contributed by atoms with Gasteiger partial charge in [0.15, 0.2) is 0 Å². The van der Waals surface area contributed by atoms with Gasteiger partial charge in [-0.05, 0) is 18.3 Å². The fourth-order valence-electron chi connectivity index (χ4n) is 2.43. The summed E-state index contributed by atoms with van der Waals surface area (Å²) in [5.74, 6) is 4.24. The molecule has 0 bridgehead atoms. The maximum atomic E-state index is 5.88. The molecule has 1 aliphatic rings. The summed E-state index contributed by atoms with van der Waals surface area (Å²) in [7, 11) is 0. The van der Waals surface area contributed by atoms with Gasteiger partial charge in [0.1, 0.15) is 17.5 Å². The van der Waals surface area contributed by atoms with Gasteiger partial charge in [0.25, 0.3) is 0 Å². The van der Waals surface area contributed by atoms with Gasteiger partial charge in [0.2, 0.25) is 0 Å². The summed E-state index contributed by atoms with van der Waals surface area (Å²) in [6.45, 7) is 10.9. The zero-order chi connectivity index (χ0) is 13.3. The van der Waals surface area contributed by atoms with Crippen LogP contribution in [0.5, 0.6) is 0 Å². The van der Waals surface area contributed by atoms with E-state index in [9.17, 15) is 0 Å². The second-order valence-electron chi connectivity index (χ2n) is 5.90. The predicted octanol–water partition coefficient (Wildman–Crippen LogP) is 2.66. The van der Waals surface area contributed by atoms with E-state index < -0.39 is 0 Å². The van der Waals surface area contributed by atoms with Crippen LogP contribution in [-0.4, -0.2) is 23.1 Å². The van der Waals surface area contributed by atoms with Gasteiger partial charge in [0.05, 0.1) is 0 Å². The highest BCUT2D eigenvalue weighted by Gasteiger charge is 2.26. The van der Waals surface area contributed by atoms with E-state index in [1.807, 2.05) is 6.07 Å². The molecule has 1 aliphatic heterocycles. The average molecular weight is 248 g/mol. The molecule has 1 aromatic rings. The van der Waals surface area contributed by atoms with Crippen molar-refractivity contribution in [3.8, 4) is 0 Å². The smallest absolute Gasteiger partial charge is 0.135 e. The number of nitrogens with zero attached hydrogens (tertiary/aromatic N) is 3. The molecule has 4 nitrogen and oxygen atoms in total. The molecule has 1 aromatic heterocycles. The Morgan fingerprint density at radius 1 is 1.28 bits per heavy atom. The maximum Gasteiger partial charge on any atom is 0.135 e. The Labute approximate surface area is 110 Å². The van der Waals surface area contributed by atoms with Crippen LogP contribution in [0.1, 0.15) is 45.9 Å². The van der Waals surface area contributed by atoms with Crippen molar-refractivity contribution >= 4 is 11.6 Å². The van der Waals surface area contributed by atoms with Crippen molar-refractivity contribution < 1.29 is 0 Å². The Bertz CT molecular complexity index is 414. The summed E-state index contributed by atoms with van der Waals surface area (Å²) in [5.41, 5.74) is 5.88. The van der Waals surface area contributed by atoms with Crippen LogP contribution in [0, 0.1) is 11.8 Å². The number of hydrogen-bond acceptors (Lipinski definition) is 4. The van der Waals surface area contributed by atoms with Gasteiger partial charge >= 0.3 is 0 Å². The van der Waals surface area contributed by atoms with E-state index >= 15 is 0 Å². The first-order chi connectivity index (χ1) is 8.47. The Hall–Kier alpha value is -1.32. The number of nitrogen functional groups attached to an aromatic ring is 1. The highest BCUT2D eigenvalue weighted by Crippen LogP contribution is 2.28. The molecule has 0 aromatic carbocycles. The SMILES string of the molecule is CC(C)c1nc(N)cc(N2CCC(C(C)C)C2)n1. The highest BCUT2D eigenvalue weighted by molar-refractivity contribution is 5.48. The fraction of sp³-hybridized carbons (Fsp3) is 0.714. The third-order valence-corrected chi connectivity index (χ3v) is 3.76. The normalized spacial score (nSPS) is 20.1. The first-order valence-electron chi connectivity index (χ1n) is 6.86. The molecule has 4 heteroatoms. The van der Waals surface area contributed by atoms with Gasteiger partial charge in [-0.15, -0.1) is 0 Å². The first-order valence-corrected chi connectivity index (χ1v) is 6.86. The molecule has 0 saturated carbocycles. The summed E-state index contributed by atoms with van der Waals surface area (Å²) in [4.78, 5) is 11.3. The standard InChI is InChI=1S/C14H24N4/c1-9(2)11-5-6-18(8-11)13-7-12(15)16-14(17-13)10(3)4/h7,9-11H,5-6,8H2,1-4H3,(H2,15,16,17). The van der Waals surface area contributed by atoms with E-state index in [2.05, 4.69) is 42.6 Å². The molecule has 100 valence electrons. The van der Waals surface area contributed by atoms with Crippen LogP contribution in [0.4, 0.5) is 11.6 Å². The second kappa shape index (κ2) is 5.12. The lowest BCUT2D eigenvalue weighted by Gasteiger charge is -2.20. The third kappa shape index (κ3) is 2.74. The molecule has 1 fully saturated rings. The van der Waals surface area contributed by atoms with Crippen LogP contribution in [0.15, 0.2) is 6.07 Å². The van der Waals surface area contributed by atoms with Gasteiger partial charge in [-0.2, -0.15) is 0 Å². The summed E-state index contributed by atoms with van der Waals surface area (Å²) < 4.78 is 0. The monoisotopic (exact) mass is 248 g/mol. The van der Waals surface area contributed by atoms with Crippen molar-refractivity contribution in [2.75, 3.05) is 23.7 Å². The minimum absolute atomic E-state index is 0.316. The summed E-state index contributed by atoms with van der Waals surface area (Å²) >= 11 is 0. The van der Waals surface area contributed by atoms with Crippen LogP contribution in [0.2, 0.25) is 0 Å². The van der Waals surface area contributed by atoms with Crippen LogP contribution in [-0.2, 0) is 0 Å². The lowest BCUT2D eigenvalue weighted by atomic mass is 9.95. The van der Waals surface area contributed by atoms with Crippen molar-refractivity contribution in [3.63, 3.8) is 0 Å². The fourth-order valence-corrected chi connectivity index (χ4v) is 2.43. The summed E-state index contributed by atoms with van der Waals surface area (Å²) in [5, 5.41) is 0. The quantitative estimate of drug-likeness (QED) is 0.893. The van der Waals surface area contributed by atoms with Gasteiger partial charge in [-0.1, -0.05) is 27.7 Å². The number of aromatic nitrogens is 2. The van der Waals surface area contributed by atoms with E-state index in [1.54, 1.807) is 0 Å². The minimum Gasteiger partial charge on any atom is -0.384 e. The highest BCUT2D eigenvalue weighted by atomic mass is 15.2. The average Bonchev–Trinajstić information content (AvgIpc) is 2.77. The van der Waals surface area contributed by atoms with Crippen LogP contribution >= 0.6 is 0 Å². The van der Waals surface area contributed by atoms with E-state index in [4.69, 9.17) is 5.73 Å². The Kier molecular flexibility index (Phi) is 3.73. The first kappa shape index (κ1) is 13.1. The van der Waals surface area contributed by atoms with E-state index in [0.29, 0.717) is 11.7 Å². The van der Waals surface area contributed by atoms with Gasteiger partial charge in [-0.25, -0.2) is 9.97 Å². The molecule has 0 amide bonds. The lowest BCUT2D eigenvalue weighted by molar-refractivity contribution is 0.422. The zero-order valence-electron chi connectivity index (χ0n) is 11.8. The van der Waals surface area contributed by atoms with Crippen molar-refractivity contribution in [2.24, 2.45) is 11.8 Å². The zero-order valence-corrected chi connectivity index (χ0v) is 11.8. The van der Waals surface area contributed by atoms with Gasteiger partial charge in [-0.3, -0.25) is 0 Å².